The van der Waals surface area contributed by atoms with Crippen molar-refractivity contribution in [3.63, 3.8) is 0 Å². The molecule has 0 aliphatic rings. The SMILES string of the molecule is N#Cc1cc(Oc2ccc(Cl)cc2)nc2ccccc12. The van der Waals surface area contributed by atoms with Crippen LogP contribution in [0.2, 0.25) is 5.02 Å². The molecule has 20 heavy (non-hydrogen) atoms. The van der Waals surface area contributed by atoms with Gasteiger partial charge in [-0.1, -0.05) is 29.8 Å². The molecule has 2 aromatic carbocycles. The lowest BCUT2D eigenvalue weighted by Crippen LogP contribution is -1.91. The molecule has 1 aromatic heterocycles. The summed E-state index contributed by atoms with van der Waals surface area (Å²) in [6.45, 7) is 0. The highest BCUT2D eigenvalue weighted by atomic mass is 35.5. The zero-order chi connectivity index (χ0) is 13.9. The van der Waals surface area contributed by atoms with Gasteiger partial charge in [-0.2, -0.15) is 5.26 Å². The fraction of sp³-hybridized carbons (Fsp3) is 0. The van der Waals surface area contributed by atoms with Crippen molar-refractivity contribution in [1.29, 1.82) is 5.26 Å². The zero-order valence-electron chi connectivity index (χ0n) is 10.4. The van der Waals surface area contributed by atoms with Crippen molar-refractivity contribution in [1.82, 2.24) is 4.98 Å². The summed E-state index contributed by atoms with van der Waals surface area (Å²) in [4.78, 5) is 4.40. The van der Waals surface area contributed by atoms with Crippen LogP contribution >= 0.6 is 11.6 Å². The second-order valence-corrected chi connectivity index (χ2v) is 4.63. The van der Waals surface area contributed by atoms with Crippen LogP contribution in [0.3, 0.4) is 0 Å². The molecule has 0 unspecified atom stereocenters. The van der Waals surface area contributed by atoms with E-state index < -0.39 is 0 Å². The fourth-order valence-electron chi connectivity index (χ4n) is 1.92. The molecule has 4 heteroatoms. The summed E-state index contributed by atoms with van der Waals surface area (Å²) >= 11 is 5.83. The molecule has 3 rings (SSSR count). The van der Waals surface area contributed by atoms with Gasteiger partial charge in [-0.15, -0.1) is 0 Å². The van der Waals surface area contributed by atoms with Gasteiger partial charge in [0.1, 0.15) is 11.8 Å². The van der Waals surface area contributed by atoms with E-state index in [4.69, 9.17) is 16.3 Å². The van der Waals surface area contributed by atoms with E-state index in [9.17, 15) is 5.26 Å². The van der Waals surface area contributed by atoms with E-state index in [1.807, 2.05) is 24.3 Å². The molecule has 0 fully saturated rings. The van der Waals surface area contributed by atoms with Gasteiger partial charge in [0.05, 0.1) is 11.1 Å². The summed E-state index contributed by atoms with van der Waals surface area (Å²) < 4.78 is 5.66. The third kappa shape index (κ3) is 2.42. The van der Waals surface area contributed by atoms with Gasteiger partial charge in [0.15, 0.2) is 0 Å². The number of hydrogen-bond donors (Lipinski definition) is 0. The second-order valence-electron chi connectivity index (χ2n) is 4.19. The first-order valence-electron chi connectivity index (χ1n) is 5.99. The highest BCUT2D eigenvalue weighted by Crippen LogP contribution is 2.26. The molecule has 0 spiro atoms. The molecule has 0 bridgehead atoms. The van der Waals surface area contributed by atoms with Crippen molar-refractivity contribution in [2.75, 3.05) is 0 Å². The number of aromatic nitrogens is 1. The van der Waals surface area contributed by atoms with E-state index in [1.54, 1.807) is 30.3 Å². The molecule has 3 aromatic rings. The van der Waals surface area contributed by atoms with Crippen molar-refractivity contribution in [2.45, 2.75) is 0 Å². The minimum atomic E-state index is 0.391. The van der Waals surface area contributed by atoms with E-state index in [0.717, 1.165) is 10.9 Å². The first-order chi connectivity index (χ1) is 9.76. The van der Waals surface area contributed by atoms with Gasteiger partial charge in [0.2, 0.25) is 5.88 Å². The minimum Gasteiger partial charge on any atom is -0.439 e. The number of fused-ring (bicyclic) bond motifs is 1. The van der Waals surface area contributed by atoms with Crippen LogP contribution in [0.1, 0.15) is 5.56 Å². The summed E-state index contributed by atoms with van der Waals surface area (Å²) in [5, 5.41) is 10.7. The Morgan fingerprint density at radius 3 is 2.55 bits per heavy atom. The quantitative estimate of drug-likeness (QED) is 0.691. The maximum Gasteiger partial charge on any atom is 0.221 e. The maximum absolute atomic E-state index is 9.21. The van der Waals surface area contributed by atoms with Gasteiger partial charge in [-0.25, -0.2) is 4.98 Å². The first kappa shape index (κ1) is 12.5. The first-order valence-corrected chi connectivity index (χ1v) is 6.37. The molecule has 3 nitrogen and oxygen atoms in total. The van der Waals surface area contributed by atoms with Crippen molar-refractivity contribution >= 4 is 22.5 Å². The standard InChI is InChI=1S/C16H9ClN2O/c17-12-5-7-13(8-6-12)20-16-9-11(10-18)14-3-1-2-4-15(14)19-16/h1-9H. The largest absolute Gasteiger partial charge is 0.439 e. The average molecular weight is 281 g/mol. The number of nitrogens with zero attached hydrogens (tertiary/aromatic N) is 2. The number of benzene rings is 2. The number of hydrogen-bond acceptors (Lipinski definition) is 3. The van der Waals surface area contributed by atoms with Crippen molar-refractivity contribution in [3.05, 3.63) is 65.2 Å². The molecule has 0 saturated heterocycles. The molecule has 0 radical (unpaired) electrons. The molecule has 0 aliphatic carbocycles. The van der Waals surface area contributed by atoms with Gasteiger partial charge < -0.3 is 4.74 Å². The summed E-state index contributed by atoms with van der Waals surface area (Å²) in [5.74, 6) is 1.02. The molecular weight excluding hydrogens is 272 g/mol. The summed E-state index contributed by atoms with van der Waals surface area (Å²) in [7, 11) is 0. The van der Waals surface area contributed by atoms with Gasteiger partial charge in [0.25, 0.3) is 0 Å². The van der Waals surface area contributed by atoms with Crippen molar-refractivity contribution in [3.8, 4) is 17.7 Å². The lowest BCUT2D eigenvalue weighted by atomic mass is 10.1. The van der Waals surface area contributed by atoms with Crippen LogP contribution in [0.15, 0.2) is 54.6 Å². The molecule has 0 atom stereocenters. The Kier molecular flexibility index (Phi) is 3.24. The second kappa shape index (κ2) is 5.20. The van der Waals surface area contributed by atoms with Crippen LogP contribution in [0, 0.1) is 11.3 Å². The molecule has 0 aliphatic heterocycles. The average Bonchev–Trinajstić information content (AvgIpc) is 2.49. The monoisotopic (exact) mass is 280 g/mol. The highest BCUT2D eigenvalue weighted by molar-refractivity contribution is 6.30. The molecule has 0 saturated carbocycles. The fourth-order valence-corrected chi connectivity index (χ4v) is 2.05. The van der Waals surface area contributed by atoms with Crippen molar-refractivity contribution in [2.24, 2.45) is 0 Å². The number of nitriles is 1. The van der Waals surface area contributed by atoms with Crippen LogP contribution in [-0.2, 0) is 0 Å². The van der Waals surface area contributed by atoms with E-state index in [0.29, 0.717) is 22.2 Å². The summed E-state index contributed by atoms with van der Waals surface area (Å²) in [5.41, 5.74) is 1.27. The van der Waals surface area contributed by atoms with Gasteiger partial charge in [0, 0.05) is 16.5 Å². The van der Waals surface area contributed by atoms with E-state index >= 15 is 0 Å². The smallest absolute Gasteiger partial charge is 0.221 e. The van der Waals surface area contributed by atoms with Crippen molar-refractivity contribution < 1.29 is 4.74 Å². The maximum atomic E-state index is 9.21. The number of ether oxygens (including phenoxy) is 1. The lowest BCUT2D eigenvalue weighted by Gasteiger charge is -2.07. The number of halogens is 1. The lowest BCUT2D eigenvalue weighted by molar-refractivity contribution is 0.465. The van der Waals surface area contributed by atoms with Crippen LogP contribution in [0.25, 0.3) is 10.9 Å². The Labute approximate surface area is 121 Å². The highest BCUT2D eigenvalue weighted by Gasteiger charge is 2.06. The Hall–Kier alpha value is -2.57. The number of para-hydroxylation sites is 1. The van der Waals surface area contributed by atoms with E-state index in [-0.39, 0.29) is 0 Å². The molecule has 96 valence electrons. The third-order valence-corrected chi connectivity index (χ3v) is 3.10. The van der Waals surface area contributed by atoms with Crippen LogP contribution in [0.5, 0.6) is 11.6 Å². The predicted molar refractivity (Wildman–Crippen MR) is 78.0 cm³/mol. The normalized spacial score (nSPS) is 10.2. The predicted octanol–water partition coefficient (Wildman–Crippen LogP) is 4.55. The minimum absolute atomic E-state index is 0.391. The Morgan fingerprint density at radius 2 is 1.80 bits per heavy atom. The number of pyridine rings is 1. The molecule has 1 heterocycles. The molecular formula is C16H9ClN2O. The van der Waals surface area contributed by atoms with Gasteiger partial charge in [-0.05, 0) is 30.3 Å². The van der Waals surface area contributed by atoms with Gasteiger partial charge >= 0.3 is 0 Å². The van der Waals surface area contributed by atoms with E-state index in [1.165, 1.54) is 0 Å². The Balaban J connectivity index is 2.04. The molecule has 0 amide bonds. The Morgan fingerprint density at radius 1 is 1.05 bits per heavy atom. The van der Waals surface area contributed by atoms with Crippen LogP contribution < -0.4 is 4.74 Å². The Bertz CT molecular complexity index is 807. The summed E-state index contributed by atoms with van der Waals surface area (Å²) in [6, 6.07) is 18.3. The zero-order valence-corrected chi connectivity index (χ0v) is 11.1. The van der Waals surface area contributed by atoms with Crippen LogP contribution in [-0.4, -0.2) is 4.98 Å². The number of rotatable bonds is 2. The summed E-state index contributed by atoms with van der Waals surface area (Å²) in [6.07, 6.45) is 0. The van der Waals surface area contributed by atoms with E-state index in [2.05, 4.69) is 11.1 Å². The molecule has 0 N–H and O–H groups in total. The topological polar surface area (TPSA) is 45.9 Å². The third-order valence-electron chi connectivity index (χ3n) is 2.85. The van der Waals surface area contributed by atoms with Gasteiger partial charge in [-0.3, -0.25) is 0 Å². The van der Waals surface area contributed by atoms with Crippen LogP contribution in [0.4, 0.5) is 0 Å².